The summed E-state index contributed by atoms with van der Waals surface area (Å²) < 4.78 is 24.0. The zero-order chi connectivity index (χ0) is 17.8. The van der Waals surface area contributed by atoms with Crippen LogP contribution in [0, 0.1) is 5.82 Å². The maximum atomic E-state index is 13.7. The van der Waals surface area contributed by atoms with E-state index in [1.165, 1.54) is 12.1 Å². The summed E-state index contributed by atoms with van der Waals surface area (Å²) >= 11 is 5.85. The number of nitrogens with zero attached hydrogens (tertiary/aromatic N) is 2. The van der Waals surface area contributed by atoms with Gasteiger partial charge in [-0.2, -0.15) is 4.98 Å². The van der Waals surface area contributed by atoms with E-state index in [4.69, 9.17) is 20.9 Å². The lowest BCUT2D eigenvalue weighted by atomic mass is 10.2. The Labute approximate surface area is 147 Å². The lowest BCUT2D eigenvalue weighted by molar-refractivity contribution is 0.0942. The molecule has 6 nitrogen and oxygen atoms in total. The van der Waals surface area contributed by atoms with Crippen LogP contribution in [0.5, 0.6) is 5.75 Å². The van der Waals surface area contributed by atoms with Gasteiger partial charge in [-0.3, -0.25) is 4.79 Å². The van der Waals surface area contributed by atoms with Crippen molar-refractivity contribution in [2.24, 2.45) is 0 Å². The number of carbonyl (C=O) groups excluding carboxylic acids is 1. The molecule has 0 fully saturated rings. The first-order chi connectivity index (χ1) is 12.1. The van der Waals surface area contributed by atoms with Crippen molar-refractivity contribution in [2.45, 2.75) is 6.54 Å². The van der Waals surface area contributed by atoms with Gasteiger partial charge in [0.25, 0.3) is 5.91 Å². The highest BCUT2D eigenvalue weighted by molar-refractivity contribution is 6.33. The standard InChI is InChI=1S/C17H13ClFN3O3/c1-24-11-5-2-4-10(8-11)16-21-14(25-22-16)9-20-17(23)15-12(18)6-3-7-13(15)19/h2-8H,9H2,1H3,(H,20,23). The molecule has 0 saturated carbocycles. The van der Waals surface area contributed by atoms with Crippen molar-refractivity contribution >= 4 is 17.5 Å². The quantitative estimate of drug-likeness (QED) is 0.753. The molecule has 0 spiro atoms. The van der Waals surface area contributed by atoms with Crippen molar-refractivity contribution in [3.8, 4) is 17.1 Å². The molecular formula is C17H13ClFN3O3. The second-order valence-corrected chi connectivity index (χ2v) is 5.43. The molecule has 2 aromatic carbocycles. The van der Waals surface area contributed by atoms with Gasteiger partial charge in [0.1, 0.15) is 11.6 Å². The van der Waals surface area contributed by atoms with Crippen LogP contribution in [0.3, 0.4) is 0 Å². The van der Waals surface area contributed by atoms with E-state index < -0.39 is 11.7 Å². The number of methoxy groups -OCH3 is 1. The molecule has 8 heteroatoms. The van der Waals surface area contributed by atoms with Crippen molar-refractivity contribution in [3.63, 3.8) is 0 Å². The Morgan fingerprint density at radius 2 is 2.12 bits per heavy atom. The largest absolute Gasteiger partial charge is 0.497 e. The summed E-state index contributed by atoms with van der Waals surface area (Å²) in [6, 6.07) is 11.2. The van der Waals surface area contributed by atoms with Crippen LogP contribution in [0.4, 0.5) is 4.39 Å². The zero-order valence-corrected chi connectivity index (χ0v) is 13.9. The predicted molar refractivity (Wildman–Crippen MR) is 88.9 cm³/mol. The molecule has 1 amide bonds. The third-order valence-electron chi connectivity index (χ3n) is 3.39. The number of rotatable bonds is 5. The molecule has 0 aliphatic carbocycles. The van der Waals surface area contributed by atoms with Crippen LogP contribution in [-0.2, 0) is 6.54 Å². The van der Waals surface area contributed by atoms with Crippen molar-refractivity contribution in [1.29, 1.82) is 0 Å². The highest BCUT2D eigenvalue weighted by Crippen LogP contribution is 2.21. The molecule has 0 radical (unpaired) electrons. The van der Waals surface area contributed by atoms with E-state index in [0.29, 0.717) is 17.1 Å². The maximum absolute atomic E-state index is 13.7. The first-order valence-electron chi connectivity index (χ1n) is 7.27. The van der Waals surface area contributed by atoms with Gasteiger partial charge in [-0.25, -0.2) is 4.39 Å². The van der Waals surface area contributed by atoms with Gasteiger partial charge >= 0.3 is 0 Å². The summed E-state index contributed by atoms with van der Waals surface area (Å²) in [6.45, 7) is -0.0551. The van der Waals surface area contributed by atoms with E-state index in [1.54, 1.807) is 31.4 Å². The lowest BCUT2D eigenvalue weighted by Gasteiger charge is -2.05. The summed E-state index contributed by atoms with van der Waals surface area (Å²) in [4.78, 5) is 16.3. The van der Waals surface area contributed by atoms with Crippen LogP contribution in [0.1, 0.15) is 16.2 Å². The van der Waals surface area contributed by atoms with E-state index in [-0.39, 0.29) is 23.0 Å². The normalized spacial score (nSPS) is 10.5. The number of nitrogens with one attached hydrogen (secondary N) is 1. The fourth-order valence-electron chi connectivity index (χ4n) is 2.17. The second kappa shape index (κ2) is 7.31. The third-order valence-corrected chi connectivity index (χ3v) is 3.70. The predicted octanol–water partition coefficient (Wildman–Crippen LogP) is 3.47. The van der Waals surface area contributed by atoms with Crippen LogP contribution in [-0.4, -0.2) is 23.2 Å². The second-order valence-electron chi connectivity index (χ2n) is 5.02. The van der Waals surface area contributed by atoms with E-state index in [0.717, 1.165) is 6.07 Å². The summed E-state index contributed by atoms with van der Waals surface area (Å²) in [5.41, 5.74) is 0.481. The number of amides is 1. The first kappa shape index (κ1) is 16.9. The number of aromatic nitrogens is 2. The Kier molecular flexibility index (Phi) is 4.95. The van der Waals surface area contributed by atoms with Gasteiger partial charge in [0.05, 0.1) is 24.2 Å². The fourth-order valence-corrected chi connectivity index (χ4v) is 2.41. The molecule has 3 rings (SSSR count). The molecule has 25 heavy (non-hydrogen) atoms. The smallest absolute Gasteiger partial charge is 0.256 e. The topological polar surface area (TPSA) is 77.3 Å². The van der Waals surface area contributed by atoms with E-state index in [2.05, 4.69) is 15.5 Å². The van der Waals surface area contributed by atoms with Gasteiger partial charge in [-0.15, -0.1) is 0 Å². The molecular weight excluding hydrogens is 349 g/mol. The van der Waals surface area contributed by atoms with Crippen molar-refractivity contribution in [3.05, 3.63) is 64.8 Å². The SMILES string of the molecule is COc1cccc(-c2noc(CNC(=O)c3c(F)cccc3Cl)n2)c1. The van der Waals surface area contributed by atoms with Crippen LogP contribution in [0.25, 0.3) is 11.4 Å². The van der Waals surface area contributed by atoms with E-state index in [1.807, 2.05) is 0 Å². The summed E-state index contributed by atoms with van der Waals surface area (Å²) in [6.07, 6.45) is 0. The van der Waals surface area contributed by atoms with Crippen LogP contribution in [0.2, 0.25) is 5.02 Å². The molecule has 0 aliphatic rings. The van der Waals surface area contributed by atoms with Crippen LogP contribution >= 0.6 is 11.6 Å². The molecule has 0 unspecified atom stereocenters. The molecule has 3 aromatic rings. The number of ether oxygens (including phenoxy) is 1. The summed E-state index contributed by atoms with van der Waals surface area (Å²) in [5, 5.41) is 6.38. The molecule has 0 saturated heterocycles. The number of hydrogen-bond acceptors (Lipinski definition) is 5. The van der Waals surface area contributed by atoms with Gasteiger partial charge in [0.15, 0.2) is 0 Å². The van der Waals surface area contributed by atoms with Crippen molar-refractivity contribution in [1.82, 2.24) is 15.5 Å². The number of halogens is 2. The summed E-state index contributed by atoms with van der Waals surface area (Å²) in [5.74, 6) is -0.172. The first-order valence-corrected chi connectivity index (χ1v) is 7.65. The van der Waals surface area contributed by atoms with Crippen molar-refractivity contribution in [2.75, 3.05) is 7.11 Å². The Morgan fingerprint density at radius 1 is 1.32 bits per heavy atom. The van der Waals surface area contributed by atoms with E-state index >= 15 is 0 Å². The molecule has 128 valence electrons. The molecule has 1 aromatic heterocycles. The molecule has 1 N–H and O–H groups in total. The Morgan fingerprint density at radius 3 is 2.88 bits per heavy atom. The van der Waals surface area contributed by atoms with Gasteiger partial charge in [-0.1, -0.05) is 35.0 Å². The van der Waals surface area contributed by atoms with Gasteiger partial charge < -0.3 is 14.6 Å². The monoisotopic (exact) mass is 361 g/mol. The third kappa shape index (κ3) is 3.77. The van der Waals surface area contributed by atoms with Crippen LogP contribution < -0.4 is 10.1 Å². The highest BCUT2D eigenvalue weighted by atomic mass is 35.5. The minimum Gasteiger partial charge on any atom is -0.497 e. The van der Waals surface area contributed by atoms with Gasteiger partial charge in [0, 0.05) is 5.56 Å². The van der Waals surface area contributed by atoms with Crippen LogP contribution in [0.15, 0.2) is 47.0 Å². The lowest BCUT2D eigenvalue weighted by Crippen LogP contribution is -2.24. The average Bonchev–Trinajstić information content (AvgIpc) is 3.09. The average molecular weight is 362 g/mol. The number of hydrogen-bond donors (Lipinski definition) is 1. The minimum absolute atomic E-state index is 0.0279. The molecule has 1 heterocycles. The van der Waals surface area contributed by atoms with E-state index in [9.17, 15) is 9.18 Å². The molecule has 0 bridgehead atoms. The fraction of sp³-hybridized carbons (Fsp3) is 0.118. The van der Waals surface area contributed by atoms with Gasteiger partial charge in [-0.05, 0) is 24.3 Å². The Bertz CT molecular complexity index is 893. The number of benzene rings is 2. The summed E-state index contributed by atoms with van der Waals surface area (Å²) in [7, 11) is 1.56. The van der Waals surface area contributed by atoms with Gasteiger partial charge in [0.2, 0.25) is 11.7 Å². The maximum Gasteiger partial charge on any atom is 0.256 e. The number of carbonyl (C=O) groups is 1. The molecule has 0 atom stereocenters. The molecule has 0 aliphatic heterocycles. The minimum atomic E-state index is -0.701. The Hall–Kier alpha value is -2.93. The Balaban J connectivity index is 1.70. The van der Waals surface area contributed by atoms with Crippen molar-refractivity contribution < 1.29 is 18.4 Å². The highest BCUT2D eigenvalue weighted by Gasteiger charge is 2.17. The zero-order valence-electron chi connectivity index (χ0n) is 13.1.